The molecule has 1 fully saturated rings. The Kier molecular flexibility index (Phi) is 41.6. The number of aliphatic hydroxyl groups is 4. The van der Waals surface area contributed by atoms with Crippen molar-refractivity contribution < 1.29 is 44.2 Å². The summed E-state index contributed by atoms with van der Waals surface area (Å²) >= 11 is 0. The fourth-order valence-electron chi connectivity index (χ4n) is 7.74. The van der Waals surface area contributed by atoms with Crippen molar-refractivity contribution in [3.8, 4) is 0 Å². The molecule has 0 saturated carbocycles. The molecule has 0 bridgehead atoms. The maximum atomic E-state index is 12.8. The number of aliphatic hydroxyl groups excluding tert-OH is 4. The Bertz CT molecular complexity index is 1090. The number of hydrogen-bond acceptors (Lipinski definition) is 9. The highest BCUT2D eigenvalue weighted by atomic mass is 16.7. The molecule has 62 heavy (non-hydrogen) atoms. The Morgan fingerprint density at radius 2 is 0.984 bits per heavy atom. The number of carbonyl (C=O) groups is 1. The fourth-order valence-corrected chi connectivity index (χ4v) is 7.74. The van der Waals surface area contributed by atoms with Crippen LogP contribution in [0.4, 0.5) is 0 Å². The van der Waals surface area contributed by atoms with Crippen LogP contribution in [0.15, 0.2) is 48.6 Å². The van der Waals surface area contributed by atoms with Gasteiger partial charge in [-0.05, 0) is 70.6 Å². The standard InChI is InChI=1S/C53H96O9/c1-3-5-7-9-11-13-15-17-19-20-21-22-23-24-25-26-27-29-31-33-35-37-39-41-43-59-45-47(46-60-53-52(58)51(57)50(56)48(44-54)62-53)61-49(55)42-40-38-36-34-32-30-28-18-16-14-12-10-8-6-4-2/h6,8,12,14,18,20-21,28,47-48,50-54,56-58H,3-5,7,9-11,13,15-17,19,22-27,29-46H2,1-2H3/b8-6-,14-12-,21-20-,28-18-. The van der Waals surface area contributed by atoms with Gasteiger partial charge in [0.25, 0.3) is 0 Å². The Hall–Kier alpha value is -1.85. The molecule has 6 atom stereocenters. The van der Waals surface area contributed by atoms with Gasteiger partial charge in [0.2, 0.25) is 0 Å². The first-order valence-corrected chi connectivity index (χ1v) is 25.7. The zero-order valence-corrected chi connectivity index (χ0v) is 39.9. The SMILES string of the molecule is CC/C=C\C/C=C\C/C=C\CCCCCCCC(=O)OC(COCCCCCCCCCCCCCC/C=C\CCCCCCCCCC)COC1OC(CO)C(O)C(O)C1O. The van der Waals surface area contributed by atoms with Gasteiger partial charge < -0.3 is 39.4 Å². The summed E-state index contributed by atoms with van der Waals surface area (Å²) in [5, 5.41) is 40.2. The lowest BCUT2D eigenvalue weighted by Crippen LogP contribution is -2.59. The number of carbonyl (C=O) groups excluding carboxylic acids is 1. The molecule has 9 nitrogen and oxygen atoms in total. The first-order valence-electron chi connectivity index (χ1n) is 25.7. The second-order valence-corrected chi connectivity index (χ2v) is 17.6. The molecular formula is C53H96O9. The van der Waals surface area contributed by atoms with E-state index >= 15 is 0 Å². The summed E-state index contributed by atoms with van der Waals surface area (Å²) in [6.07, 6.45) is 48.7. The lowest BCUT2D eigenvalue weighted by Gasteiger charge is -2.39. The van der Waals surface area contributed by atoms with Gasteiger partial charge in [-0.15, -0.1) is 0 Å². The van der Waals surface area contributed by atoms with E-state index in [4.69, 9.17) is 18.9 Å². The minimum Gasteiger partial charge on any atom is -0.457 e. The maximum Gasteiger partial charge on any atom is 0.306 e. The third-order valence-electron chi connectivity index (χ3n) is 11.7. The lowest BCUT2D eigenvalue weighted by molar-refractivity contribution is -0.305. The molecule has 0 aromatic carbocycles. The molecule has 0 radical (unpaired) electrons. The summed E-state index contributed by atoms with van der Waals surface area (Å²) in [7, 11) is 0. The van der Waals surface area contributed by atoms with Gasteiger partial charge in [-0.3, -0.25) is 4.79 Å². The zero-order valence-electron chi connectivity index (χ0n) is 39.9. The first kappa shape index (κ1) is 58.2. The molecule has 4 N–H and O–H groups in total. The normalized spacial score (nSPS) is 20.1. The van der Waals surface area contributed by atoms with Crippen molar-refractivity contribution in [2.75, 3.05) is 26.4 Å². The van der Waals surface area contributed by atoms with Crippen LogP contribution >= 0.6 is 0 Å². The zero-order chi connectivity index (χ0) is 45.0. The molecule has 362 valence electrons. The van der Waals surface area contributed by atoms with E-state index in [2.05, 4.69) is 62.5 Å². The van der Waals surface area contributed by atoms with Gasteiger partial charge in [0.1, 0.15) is 30.5 Å². The van der Waals surface area contributed by atoms with Gasteiger partial charge in [0.15, 0.2) is 6.29 Å². The van der Waals surface area contributed by atoms with Crippen LogP contribution in [0.5, 0.6) is 0 Å². The molecule has 0 aromatic rings. The van der Waals surface area contributed by atoms with E-state index in [0.29, 0.717) is 13.0 Å². The minimum atomic E-state index is -1.54. The van der Waals surface area contributed by atoms with Crippen molar-refractivity contribution in [3.63, 3.8) is 0 Å². The van der Waals surface area contributed by atoms with Crippen LogP contribution in [0.2, 0.25) is 0 Å². The third-order valence-corrected chi connectivity index (χ3v) is 11.7. The van der Waals surface area contributed by atoms with E-state index in [1.165, 1.54) is 128 Å². The molecule has 9 heteroatoms. The van der Waals surface area contributed by atoms with Crippen molar-refractivity contribution in [3.05, 3.63) is 48.6 Å². The molecule has 1 aliphatic rings. The number of esters is 1. The van der Waals surface area contributed by atoms with Gasteiger partial charge in [-0.2, -0.15) is 0 Å². The summed E-state index contributed by atoms with van der Waals surface area (Å²) in [6, 6.07) is 0. The molecule has 0 aromatic heterocycles. The van der Waals surface area contributed by atoms with Crippen LogP contribution in [-0.4, -0.2) is 89.6 Å². The van der Waals surface area contributed by atoms with Crippen LogP contribution in [0, 0.1) is 0 Å². The van der Waals surface area contributed by atoms with Crippen molar-refractivity contribution in [1.82, 2.24) is 0 Å². The molecule has 0 aliphatic carbocycles. The first-order chi connectivity index (χ1) is 30.4. The molecule has 1 aliphatic heterocycles. The second-order valence-electron chi connectivity index (χ2n) is 17.6. The van der Waals surface area contributed by atoms with Gasteiger partial charge >= 0.3 is 5.97 Å². The fraction of sp³-hybridized carbons (Fsp3) is 0.830. The van der Waals surface area contributed by atoms with Crippen molar-refractivity contribution in [2.45, 2.75) is 256 Å². The highest BCUT2D eigenvalue weighted by Crippen LogP contribution is 2.23. The van der Waals surface area contributed by atoms with Gasteiger partial charge in [-0.1, -0.05) is 191 Å². The van der Waals surface area contributed by atoms with Crippen molar-refractivity contribution in [2.24, 2.45) is 0 Å². The van der Waals surface area contributed by atoms with E-state index < -0.39 is 43.4 Å². The van der Waals surface area contributed by atoms with E-state index in [1.807, 2.05) is 0 Å². The van der Waals surface area contributed by atoms with E-state index in [0.717, 1.165) is 70.6 Å². The summed E-state index contributed by atoms with van der Waals surface area (Å²) in [5.74, 6) is -0.329. The summed E-state index contributed by atoms with van der Waals surface area (Å²) in [5.41, 5.74) is 0. The predicted molar refractivity (Wildman–Crippen MR) is 256 cm³/mol. The predicted octanol–water partition coefficient (Wildman–Crippen LogP) is 12.5. The van der Waals surface area contributed by atoms with Gasteiger partial charge in [0.05, 0.1) is 19.8 Å². The van der Waals surface area contributed by atoms with Gasteiger partial charge in [-0.25, -0.2) is 0 Å². The van der Waals surface area contributed by atoms with E-state index in [-0.39, 0.29) is 19.2 Å². The van der Waals surface area contributed by atoms with E-state index in [9.17, 15) is 25.2 Å². The Balaban J connectivity index is 2.18. The molecule has 6 unspecified atom stereocenters. The monoisotopic (exact) mass is 877 g/mol. The quantitative estimate of drug-likeness (QED) is 0.0268. The average molecular weight is 877 g/mol. The minimum absolute atomic E-state index is 0.121. The molecule has 1 heterocycles. The largest absolute Gasteiger partial charge is 0.457 e. The van der Waals surface area contributed by atoms with Crippen LogP contribution < -0.4 is 0 Å². The van der Waals surface area contributed by atoms with Crippen LogP contribution in [0.3, 0.4) is 0 Å². The number of allylic oxidation sites excluding steroid dienone is 8. The molecule has 0 amide bonds. The summed E-state index contributed by atoms with van der Waals surface area (Å²) in [6.45, 7) is 4.44. The second kappa shape index (κ2) is 44.4. The highest BCUT2D eigenvalue weighted by molar-refractivity contribution is 5.69. The lowest BCUT2D eigenvalue weighted by atomic mass is 9.99. The molecule has 1 rings (SSSR count). The topological polar surface area (TPSA) is 135 Å². The van der Waals surface area contributed by atoms with Crippen molar-refractivity contribution in [1.29, 1.82) is 0 Å². The number of ether oxygens (including phenoxy) is 4. The smallest absolute Gasteiger partial charge is 0.306 e. The highest BCUT2D eigenvalue weighted by Gasteiger charge is 2.44. The summed E-state index contributed by atoms with van der Waals surface area (Å²) < 4.78 is 22.9. The van der Waals surface area contributed by atoms with Crippen LogP contribution in [-0.2, 0) is 23.7 Å². The molecule has 0 spiro atoms. The van der Waals surface area contributed by atoms with Crippen molar-refractivity contribution >= 4 is 5.97 Å². The van der Waals surface area contributed by atoms with Crippen LogP contribution in [0.1, 0.15) is 219 Å². The Labute approximate surface area is 380 Å². The van der Waals surface area contributed by atoms with E-state index in [1.54, 1.807) is 0 Å². The summed E-state index contributed by atoms with van der Waals surface area (Å²) in [4.78, 5) is 12.8. The Morgan fingerprint density at radius 3 is 1.50 bits per heavy atom. The Morgan fingerprint density at radius 1 is 0.532 bits per heavy atom. The third kappa shape index (κ3) is 34.5. The average Bonchev–Trinajstić information content (AvgIpc) is 3.27. The number of unbranched alkanes of at least 4 members (excludes halogenated alkanes) is 25. The number of rotatable bonds is 44. The number of hydrogen-bond donors (Lipinski definition) is 4. The van der Waals surface area contributed by atoms with Crippen LogP contribution in [0.25, 0.3) is 0 Å². The maximum absolute atomic E-state index is 12.8. The molecule has 1 saturated heterocycles. The van der Waals surface area contributed by atoms with Gasteiger partial charge in [0, 0.05) is 13.0 Å². The molecular weight excluding hydrogens is 781 g/mol.